The molecule has 8 heteroatoms. The zero-order chi connectivity index (χ0) is 16.2. The molecule has 0 unspecified atom stereocenters. The summed E-state index contributed by atoms with van der Waals surface area (Å²) in [4.78, 5) is 4.09. The number of rotatable bonds is 4. The van der Waals surface area contributed by atoms with Crippen LogP contribution in [-0.4, -0.2) is 33.2 Å². The largest absolute Gasteiger partial charge is 0.496 e. The molecule has 0 radical (unpaired) electrons. The fourth-order valence-electron chi connectivity index (χ4n) is 1.97. The van der Waals surface area contributed by atoms with Gasteiger partial charge in [-0.15, -0.1) is 0 Å². The Morgan fingerprint density at radius 1 is 1.39 bits per heavy atom. The van der Waals surface area contributed by atoms with Crippen LogP contribution in [0.1, 0.15) is 5.56 Å². The molecular weight excluding hydrogens is 378 g/mol. The Labute approximate surface area is 146 Å². The van der Waals surface area contributed by atoms with Crippen LogP contribution in [0.15, 0.2) is 52.3 Å². The highest BCUT2D eigenvalue weighted by molar-refractivity contribution is 9.10. The highest BCUT2D eigenvalue weighted by Gasteiger charge is 2.07. The molecule has 0 amide bonds. The van der Waals surface area contributed by atoms with Crippen LogP contribution in [0.3, 0.4) is 0 Å². The highest BCUT2D eigenvalue weighted by Crippen LogP contribution is 2.25. The topological polar surface area (TPSA) is 68.1 Å². The Morgan fingerprint density at radius 3 is 2.96 bits per heavy atom. The lowest BCUT2D eigenvalue weighted by Gasteiger charge is -2.03. The van der Waals surface area contributed by atoms with Gasteiger partial charge in [0.25, 0.3) is 0 Å². The van der Waals surface area contributed by atoms with Gasteiger partial charge in [-0.2, -0.15) is 14.9 Å². The Bertz CT molecular complexity index is 904. The van der Waals surface area contributed by atoms with E-state index in [1.54, 1.807) is 30.4 Å². The SMILES string of the molecule is COc1ccc(/C=N/n2c(-c3cccnc3)n[nH]c2=S)cc1Br. The third-order valence-electron chi connectivity index (χ3n) is 3.07. The molecule has 0 atom stereocenters. The Hall–Kier alpha value is -2.32. The summed E-state index contributed by atoms with van der Waals surface area (Å²) in [6, 6.07) is 9.41. The molecule has 6 nitrogen and oxygen atoms in total. The van der Waals surface area contributed by atoms with Gasteiger partial charge in [0, 0.05) is 18.0 Å². The average molecular weight is 390 g/mol. The smallest absolute Gasteiger partial charge is 0.216 e. The van der Waals surface area contributed by atoms with Crippen molar-refractivity contribution >= 4 is 34.4 Å². The van der Waals surface area contributed by atoms with Crippen LogP contribution in [0.25, 0.3) is 11.4 Å². The molecule has 23 heavy (non-hydrogen) atoms. The molecule has 0 saturated carbocycles. The van der Waals surface area contributed by atoms with E-state index < -0.39 is 0 Å². The lowest BCUT2D eigenvalue weighted by Crippen LogP contribution is -1.95. The lowest BCUT2D eigenvalue weighted by atomic mass is 10.2. The molecule has 1 N–H and O–H groups in total. The fourth-order valence-corrected chi connectivity index (χ4v) is 2.71. The van der Waals surface area contributed by atoms with Crippen molar-refractivity contribution < 1.29 is 4.74 Å². The first-order chi connectivity index (χ1) is 11.2. The molecule has 3 rings (SSSR count). The van der Waals surface area contributed by atoms with Gasteiger partial charge in [-0.1, -0.05) is 0 Å². The molecule has 0 fully saturated rings. The van der Waals surface area contributed by atoms with Gasteiger partial charge in [-0.3, -0.25) is 4.98 Å². The second-order valence-corrected chi connectivity index (χ2v) is 5.79. The van der Waals surface area contributed by atoms with E-state index >= 15 is 0 Å². The number of benzene rings is 1. The first-order valence-corrected chi connectivity index (χ1v) is 7.85. The number of hydrogen-bond donors (Lipinski definition) is 1. The quantitative estimate of drug-likeness (QED) is 0.546. The van der Waals surface area contributed by atoms with Crippen LogP contribution < -0.4 is 4.74 Å². The predicted molar refractivity (Wildman–Crippen MR) is 94.3 cm³/mol. The number of halogens is 1. The van der Waals surface area contributed by atoms with Crippen molar-refractivity contribution in [3.05, 3.63) is 57.5 Å². The minimum Gasteiger partial charge on any atom is -0.496 e. The van der Waals surface area contributed by atoms with Gasteiger partial charge in [0.1, 0.15) is 5.75 Å². The molecule has 0 saturated heterocycles. The first-order valence-electron chi connectivity index (χ1n) is 6.65. The average Bonchev–Trinajstić information content (AvgIpc) is 2.94. The maximum Gasteiger partial charge on any atom is 0.216 e. The fraction of sp³-hybridized carbons (Fsp3) is 0.0667. The summed E-state index contributed by atoms with van der Waals surface area (Å²) in [6.07, 6.45) is 5.11. The van der Waals surface area contributed by atoms with E-state index in [1.807, 2.05) is 30.3 Å². The third-order valence-corrected chi connectivity index (χ3v) is 3.95. The van der Waals surface area contributed by atoms with Crippen molar-refractivity contribution in [1.82, 2.24) is 19.9 Å². The summed E-state index contributed by atoms with van der Waals surface area (Å²) >= 11 is 8.69. The Morgan fingerprint density at radius 2 is 2.26 bits per heavy atom. The summed E-state index contributed by atoms with van der Waals surface area (Å²) in [7, 11) is 1.62. The summed E-state index contributed by atoms with van der Waals surface area (Å²) in [5, 5.41) is 11.4. The lowest BCUT2D eigenvalue weighted by molar-refractivity contribution is 0.412. The van der Waals surface area contributed by atoms with Crippen LogP contribution in [0.4, 0.5) is 0 Å². The summed E-state index contributed by atoms with van der Waals surface area (Å²) < 4.78 is 8.04. The zero-order valence-corrected chi connectivity index (χ0v) is 14.5. The number of pyridine rings is 1. The van der Waals surface area contributed by atoms with Crippen LogP contribution in [0, 0.1) is 4.77 Å². The number of H-pyrrole nitrogens is 1. The number of nitrogens with zero attached hydrogens (tertiary/aromatic N) is 4. The van der Waals surface area contributed by atoms with Gasteiger partial charge in [-0.05, 0) is 64.0 Å². The molecule has 0 bridgehead atoms. The molecule has 0 aliphatic heterocycles. The van der Waals surface area contributed by atoms with Gasteiger partial charge in [0.15, 0.2) is 5.82 Å². The highest BCUT2D eigenvalue weighted by atomic mass is 79.9. The van der Waals surface area contributed by atoms with Crippen molar-refractivity contribution in [1.29, 1.82) is 0 Å². The van der Waals surface area contributed by atoms with Crippen molar-refractivity contribution in [3.8, 4) is 17.1 Å². The number of aromatic amines is 1. The van der Waals surface area contributed by atoms with Crippen LogP contribution >= 0.6 is 28.1 Å². The third kappa shape index (κ3) is 3.38. The van der Waals surface area contributed by atoms with E-state index in [4.69, 9.17) is 17.0 Å². The second kappa shape index (κ2) is 6.84. The number of ether oxygens (including phenoxy) is 1. The monoisotopic (exact) mass is 389 g/mol. The van der Waals surface area contributed by atoms with Gasteiger partial charge in [0.05, 0.1) is 17.8 Å². The number of methoxy groups -OCH3 is 1. The zero-order valence-electron chi connectivity index (χ0n) is 12.1. The predicted octanol–water partition coefficient (Wildman–Crippen LogP) is 3.66. The first kappa shape index (κ1) is 15.6. The number of nitrogens with one attached hydrogen (secondary N) is 1. The molecule has 0 spiro atoms. The molecule has 0 aliphatic carbocycles. The number of hydrogen-bond acceptors (Lipinski definition) is 5. The minimum atomic E-state index is 0.410. The maximum absolute atomic E-state index is 5.24. The Balaban J connectivity index is 1.96. The van der Waals surface area contributed by atoms with Crippen LogP contribution in [0.5, 0.6) is 5.75 Å². The molecule has 116 valence electrons. The van der Waals surface area contributed by atoms with Gasteiger partial charge >= 0.3 is 0 Å². The van der Waals surface area contributed by atoms with Crippen molar-refractivity contribution in [2.75, 3.05) is 7.11 Å². The van der Waals surface area contributed by atoms with Crippen molar-refractivity contribution in [3.63, 3.8) is 0 Å². The van der Waals surface area contributed by atoms with E-state index in [2.05, 4.69) is 36.2 Å². The van der Waals surface area contributed by atoms with Gasteiger partial charge in [0.2, 0.25) is 4.77 Å². The molecule has 2 heterocycles. The van der Waals surface area contributed by atoms with Crippen LogP contribution in [-0.2, 0) is 0 Å². The van der Waals surface area contributed by atoms with Crippen molar-refractivity contribution in [2.45, 2.75) is 0 Å². The van der Waals surface area contributed by atoms with Gasteiger partial charge in [-0.25, -0.2) is 5.10 Å². The van der Waals surface area contributed by atoms with E-state index in [0.717, 1.165) is 21.3 Å². The maximum atomic E-state index is 5.24. The van der Waals surface area contributed by atoms with E-state index in [1.165, 1.54) is 0 Å². The van der Waals surface area contributed by atoms with E-state index in [0.29, 0.717) is 10.6 Å². The second-order valence-electron chi connectivity index (χ2n) is 4.54. The Kier molecular flexibility index (Phi) is 4.63. The summed E-state index contributed by atoms with van der Waals surface area (Å²) in [6.45, 7) is 0. The van der Waals surface area contributed by atoms with Crippen LogP contribution in [0.2, 0.25) is 0 Å². The summed E-state index contributed by atoms with van der Waals surface area (Å²) in [5.74, 6) is 1.37. The molecule has 1 aromatic carbocycles. The molecule has 2 aromatic heterocycles. The van der Waals surface area contributed by atoms with Gasteiger partial charge < -0.3 is 4.74 Å². The summed E-state index contributed by atoms with van der Waals surface area (Å²) in [5.41, 5.74) is 1.73. The van der Waals surface area contributed by atoms with E-state index in [-0.39, 0.29) is 0 Å². The molecule has 3 aromatic rings. The normalized spacial score (nSPS) is 11.0. The standard InChI is InChI=1S/C15H12BrN5OS/c1-22-13-5-4-10(7-12(13)16)8-18-21-14(19-20-15(21)23)11-3-2-6-17-9-11/h2-9H,1H3,(H,20,23)/b18-8+. The van der Waals surface area contributed by atoms with E-state index in [9.17, 15) is 0 Å². The molecule has 0 aliphatic rings. The minimum absolute atomic E-state index is 0.410. The number of aromatic nitrogens is 4. The van der Waals surface area contributed by atoms with Crippen molar-refractivity contribution in [2.24, 2.45) is 5.10 Å². The molecular formula is C15H12BrN5OS.